The molecule has 1 saturated heterocycles. The standard InChI is InChI=1S/C11H22N2O3/c14-8-4-2-1-3-6-13-7-5-12-9-10(13)11(15)16/h10,12,14H,1-9H2,(H,15,16). The highest BCUT2D eigenvalue weighted by molar-refractivity contribution is 5.73. The summed E-state index contributed by atoms with van der Waals surface area (Å²) in [6.07, 6.45) is 3.96. The first kappa shape index (κ1) is 13.4. The molecule has 16 heavy (non-hydrogen) atoms. The molecule has 0 bridgehead atoms. The Morgan fingerprint density at radius 1 is 1.31 bits per heavy atom. The van der Waals surface area contributed by atoms with Crippen LogP contribution in [0.15, 0.2) is 0 Å². The van der Waals surface area contributed by atoms with Crippen LogP contribution in [0.5, 0.6) is 0 Å². The molecule has 3 N–H and O–H groups in total. The van der Waals surface area contributed by atoms with E-state index in [0.717, 1.165) is 45.3 Å². The van der Waals surface area contributed by atoms with Crippen LogP contribution in [0.4, 0.5) is 0 Å². The molecule has 1 aliphatic rings. The van der Waals surface area contributed by atoms with Gasteiger partial charge in [0.15, 0.2) is 0 Å². The first-order valence-electron chi connectivity index (χ1n) is 6.04. The Morgan fingerprint density at radius 2 is 2.06 bits per heavy atom. The molecule has 0 aliphatic carbocycles. The molecule has 5 heteroatoms. The number of piperazine rings is 1. The first-order valence-corrected chi connectivity index (χ1v) is 6.04. The van der Waals surface area contributed by atoms with Gasteiger partial charge in [-0.2, -0.15) is 0 Å². The summed E-state index contributed by atoms with van der Waals surface area (Å²) in [5.41, 5.74) is 0. The van der Waals surface area contributed by atoms with Crippen LogP contribution in [0.2, 0.25) is 0 Å². The predicted octanol–water partition coefficient (Wildman–Crippen LogP) is -0.102. The molecule has 0 saturated carbocycles. The third-order valence-electron chi connectivity index (χ3n) is 2.99. The summed E-state index contributed by atoms with van der Waals surface area (Å²) in [5, 5.41) is 20.8. The van der Waals surface area contributed by atoms with Gasteiger partial charge in [0.2, 0.25) is 0 Å². The average Bonchev–Trinajstić information content (AvgIpc) is 2.29. The lowest BCUT2D eigenvalue weighted by Gasteiger charge is -2.33. The zero-order chi connectivity index (χ0) is 11.8. The molecule has 0 radical (unpaired) electrons. The molecule has 0 aromatic rings. The number of nitrogens with one attached hydrogen (secondary N) is 1. The largest absolute Gasteiger partial charge is 0.480 e. The number of hydrogen-bond acceptors (Lipinski definition) is 4. The van der Waals surface area contributed by atoms with Gasteiger partial charge in [0, 0.05) is 26.2 Å². The van der Waals surface area contributed by atoms with E-state index in [1.807, 2.05) is 4.90 Å². The van der Waals surface area contributed by atoms with Crippen molar-refractivity contribution in [3.8, 4) is 0 Å². The van der Waals surface area contributed by atoms with Crippen LogP contribution in [0.25, 0.3) is 0 Å². The number of carboxylic acid groups (broad SMARTS) is 1. The number of aliphatic hydroxyl groups is 1. The van der Waals surface area contributed by atoms with Crippen LogP contribution in [0.3, 0.4) is 0 Å². The second kappa shape index (κ2) is 7.60. The lowest BCUT2D eigenvalue weighted by Crippen LogP contribution is -2.55. The summed E-state index contributed by atoms with van der Waals surface area (Å²) in [5.74, 6) is -0.734. The van der Waals surface area contributed by atoms with Gasteiger partial charge >= 0.3 is 5.97 Å². The van der Waals surface area contributed by atoms with Gasteiger partial charge in [0.25, 0.3) is 0 Å². The predicted molar refractivity (Wildman–Crippen MR) is 61.4 cm³/mol. The molecule has 1 fully saturated rings. The van der Waals surface area contributed by atoms with Gasteiger partial charge in [-0.15, -0.1) is 0 Å². The zero-order valence-electron chi connectivity index (χ0n) is 9.69. The maximum absolute atomic E-state index is 11.0. The highest BCUT2D eigenvalue weighted by atomic mass is 16.4. The van der Waals surface area contributed by atoms with Gasteiger partial charge < -0.3 is 15.5 Å². The van der Waals surface area contributed by atoms with Crippen molar-refractivity contribution in [3.05, 3.63) is 0 Å². The van der Waals surface area contributed by atoms with E-state index in [1.54, 1.807) is 0 Å². The third kappa shape index (κ3) is 4.47. The fourth-order valence-electron chi connectivity index (χ4n) is 2.04. The van der Waals surface area contributed by atoms with Crippen LogP contribution in [0.1, 0.15) is 25.7 Å². The van der Waals surface area contributed by atoms with Crippen LogP contribution >= 0.6 is 0 Å². The SMILES string of the molecule is O=C(O)C1CNCCN1CCCCCCO. The molecule has 0 spiro atoms. The molecule has 5 nitrogen and oxygen atoms in total. The van der Waals surface area contributed by atoms with Gasteiger partial charge in [0.05, 0.1) is 0 Å². The van der Waals surface area contributed by atoms with E-state index < -0.39 is 5.97 Å². The smallest absolute Gasteiger partial charge is 0.322 e. The van der Waals surface area contributed by atoms with E-state index in [1.165, 1.54) is 0 Å². The Morgan fingerprint density at radius 3 is 2.75 bits per heavy atom. The van der Waals surface area contributed by atoms with Gasteiger partial charge in [-0.1, -0.05) is 12.8 Å². The number of aliphatic hydroxyl groups excluding tert-OH is 1. The highest BCUT2D eigenvalue weighted by Gasteiger charge is 2.27. The fourth-order valence-corrected chi connectivity index (χ4v) is 2.04. The van der Waals surface area contributed by atoms with Crippen molar-refractivity contribution in [2.75, 3.05) is 32.8 Å². The van der Waals surface area contributed by atoms with Crippen molar-refractivity contribution in [2.45, 2.75) is 31.7 Å². The van der Waals surface area contributed by atoms with Crippen LogP contribution in [-0.2, 0) is 4.79 Å². The van der Waals surface area contributed by atoms with E-state index >= 15 is 0 Å². The maximum atomic E-state index is 11.0. The first-order chi connectivity index (χ1) is 7.75. The molecule has 0 aromatic carbocycles. The van der Waals surface area contributed by atoms with E-state index in [2.05, 4.69) is 5.32 Å². The number of carbonyl (C=O) groups is 1. The van der Waals surface area contributed by atoms with E-state index in [-0.39, 0.29) is 12.6 Å². The van der Waals surface area contributed by atoms with Gasteiger partial charge in [-0.25, -0.2) is 0 Å². The normalized spacial score (nSPS) is 22.2. The Bertz CT molecular complexity index is 211. The van der Waals surface area contributed by atoms with Crippen molar-refractivity contribution in [1.29, 1.82) is 0 Å². The van der Waals surface area contributed by atoms with E-state index in [9.17, 15) is 4.79 Å². The van der Waals surface area contributed by atoms with Crippen molar-refractivity contribution < 1.29 is 15.0 Å². The second-order valence-electron chi connectivity index (χ2n) is 4.23. The quantitative estimate of drug-likeness (QED) is 0.533. The summed E-state index contributed by atoms with van der Waals surface area (Å²) >= 11 is 0. The molecule has 94 valence electrons. The van der Waals surface area contributed by atoms with Crippen molar-refractivity contribution in [3.63, 3.8) is 0 Å². The average molecular weight is 230 g/mol. The Kier molecular flexibility index (Phi) is 6.37. The molecule has 1 rings (SSSR count). The number of unbranched alkanes of at least 4 members (excludes halogenated alkanes) is 3. The lowest BCUT2D eigenvalue weighted by molar-refractivity contribution is -0.143. The monoisotopic (exact) mass is 230 g/mol. The molecule has 0 amide bonds. The second-order valence-corrected chi connectivity index (χ2v) is 4.23. The lowest BCUT2D eigenvalue weighted by atomic mass is 10.1. The van der Waals surface area contributed by atoms with Crippen molar-refractivity contribution in [1.82, 2.24) is 10.2 Å². The number of carboxylic acids is 1. The fraction of sp³-hybridized carbons (Fsp3) is 0.909. The molecular weight excluding hydrogens is 208 g/mol. The molecule has 0 aromatic heterocycles. The number of aliphatic carboxylic acids is 1. The summed E-state index contributed by atoms with van der Waals surface area (Å²) in [6, 6.07) is -0.369. The topological polar surface area (TPSA) is 72.8 Å². The summed E-state index contributed by atoms with van der Waals surface area (Å²) < 4.78 is 0. The minimum absolute atomic E-state index is 0.255. The summed E-state index contributed by atoms with van der Waals surface area (Å²) in [7, 11) is 0. The van der Waals surface area contributed by atoms with Crippen molar-refractivity contribution in [2.24, 2.45) is 0 Å². The molecule has 1 heterocycles. The van der Waals surface area contributed by atoms with Gasteiger partial charge in [0.1, 0.15) is 6.04 Å². The molecule has 1 atom stereocenters. The van der Waals surface area contributed by atoms with Crippen molar-refractivity contribution >= 4 is 5.97 Å². The summed E-state index contributed by atoms with van der Waals surface area (Å²) in [4.78, 5) is 13.0. The molecular formula is C11H22N2O3. The molecule has 1 aliphatic heterocycles. The minimum atomic E-state index is -0.734. The van der Waals surface area contributed by atoms with Crippen LogP contribution in [-0.4, -0.2) is 59.9 Å². The zero-order valence-corrected chi connectivity index (χ0v) is 9.69. The van der Waals surface area contributed by atoms with E-state index in [0.29, 0.717) is 6.54 Å². The van der Waals surface area contributed by atoms with Gasteiger partial charge in [-0.3, -0.25) is 9.69 Å². The van der Waals surface area contributed by atoms with Gasteiger partial charge in [-0.05, 0) is 19.4 Å². The number of hydrogen-bond donors (Lipinski definition) is 3. The number of nitrogens with zero attached hydrogens (tertiary/aromatic N) is 1. The highest BCUT2D eigenvalue weighted by Crippen LogP contribution is 2.07. The van der Waals surface area contributed by atoms with Crippen LogP contribution < -0.4 is 5.32 Å². The maximum Gasteiger partial charge on any atom is 0.322 e. The van der Waals surface area contributed by atoms with Crippen LogP contribution in [0, 0.1) is 0 Å². The minimum Gasteiger partial charge on any atom is -0.480 e. The van der Waals surface area contributed by atoms with E-state index in [4.69, 9.17) is 10.2 Å². The molecule has 1 unspecified atom stereocenters. The summed E-state index contributed by atoms with van der Waals surface area (Å²) in [6.45, 7) is 3.35. The Labute approximate surface area is 96.4 Å². The Balaban J connectivity index is 2.19. The number of rotatable bonds is 7. The third-order valence-corrected chi connectivity index (χ3v) is 2.99. The Hall–Kier alpha value is -0.650.